The fourth-order valence-electron chi connectivity index (χ4n) is 1.87. The van der Waals surface area contributed by atoms with Crippen molar-refractivity contribution in [3.63, 3.8) is 0 Å². The molecular weight excluding hydrogens is 240 g/mol. The predicted molar refractivity (Wildman–Crippen MR) is 74.8 cm³/mol. The summed E-state index contributed by atoms with van der Waals surface area (Å²) in [6, 6.07) is 5.45. The Kier molecular flexibility index (Phi) is 4.18. The summed E-state index contributed by atoms with van der Waals surface area (Å²) in [5.41, 5.74) is 7.94. The van der Waals surface area contributed by atoms with Gasteiger partial charge in [-0.1, -0.05) is 6.07 Å². The Morgan fingerprint density at radius 1 is 1.47 bits per heavy atom. The zero-order chi connectivity index (χ0) is 13.7. The van der Waals surface area contributed by atoms with Gasteiger partial charge in [0.1, 0.15) is 0 Å². The lowest BCUT2D eigenvalue weighted by Gasteiger charge is -2.08. The summed E-state index contributed by atoms with van der Waals surface area (Å²) in [6.45, 7) is 3.40. The summed E-state index contributed by atoms with van der Waals surface area (Å²) in [5.74, 6) is -0.122. The van der Waals surface area contributed by atoms with Gasteiger partial charge in [-0.3, -0.25) is 4.79 Å². The number of aromatic nitrogens is 2. The molecule has 0 spiro atoms. The fraction of sp³-hybridized carbons (Fsp3) is 0.286. The lowest BCUT2D eigenvalue weighted by atomic mass is 10.1. The maximum atomic E-state index is 11.9. The second-order valence-corrected chi connectivity index (χ2v) is 4.50. The Hall–Kier alpha value is -2.30. The van der Waals surface area contributed by atoms with Crippen LogP contribution in [0.25, 0.3) is 0 Å². The highest BCUT2D eigenvalue weighted by atomic mass is 16.1. The van der Waals surface area contributed by atoms with E-state index >= 15 is 0 Å². The molecular formula is C14H18N4O. The summed E-state index contributed by atoms with van der Waals surface area (Å²) >= 11 is 0. The summed E-state index contributed by atoms with van der Waals surface area (Å²) < 4.78 is 1.98. The van der Waals surface area contributed by atoms with E-state index in [2.05, 4.69) is 10.3 Å². The van der Waals surface area contributed by atoms with E-state index in [-0.39, 0.29) is 5.91 Å². The van der Waals surface area contributed by atoms with Gasteiger partial charge in [0.2, 0.25) is 0 Å². The number of nitrogens with two attached hydrogens (primary N) is 1. The molecule has 0 aliphatic heterocycles. The quantitative estimate of drug-likeness (QED) is 0.632. The maximum Gasteiger partial charge on any atom is 0.253 e. The van der Waals surface area contributed by atoms with Crippen LogP contribution in [0.4, 0.5) is 5.69 Å². The first kappa shape index (κ1) is 13.1. The number of rotatable bonds is 5. The monoisotopic (exact) mass is 258 g/mol. The van der Waals surface area contributed by atoms with Crippen LogP contribution in [0.15, 0.2) is 36.9 Å². The first-order valence-electron chi connectivity index (χ1n) is 6.27. The first-order chi connectivity index (χ1) is 9.16. The minimum absolute atomic E-state index is 0.122. The van der Waals surface area contributed by atoms with Gasteiger partial charge in [0, 0.05) is 31.2 Å². The number of anilines is 1. The third-order valence-corrected chi connectivity index (χ3v) is 2.89. The molecule has 5 heteroatoms. The van der Waals surface area contributed by atoms with Gasteiger partial charge in [0.25, 0.3) is 5.91 Å². The molecule has 2 rings (SSSR count). The number of carbonyl (C=O) groups excluding carboxylic acids is 1. The fourth-order valence-corrected chi connectivity index (χ4v) is 1.87. The highest BCUT2D eigenvalue weighted by Gasteiger charge is 2.08. The average molecular weight is 258 g/mol. The van der Waals surface area contributed by atoms with E-state index in [1.165, 1.54) is 0 Å². The van der Waals surface area contributed by atoms with Gasteiger partial charge < -0.3 is 15.6 Å². The van der Waals surface area contributed by atoms with Gasteiger partial charge in [-0.2, -0.15) is 0 Å². The van der Waals surface area contributed by atoms with Crippen LogP contribution < -0.4 is 11.1 Å². The molecule has 1 heterocycles. The zero-order valence-corrected chi connectivity index (χ0v) is 11.0. The molecule has 0 radical (unpaired) electrons. The number of imidazole rings is 1. The van der Waals surface area contributed by atoms with Crippen LogP contribution in [-0.2, 0) is 6.54 Å². The van der Waals surface area contributed by atoms with Crippen molar-refractivity contribution in [2.24, 2.45) is 0 Å². The van der Waals surface area contributed by atoms with Crippen LogP contribution in [0.3, 0.4) is 0 Å². The Morgan fingerprint density at radius 3 is 3.00 bits per heavy atom. The van der Waals surface area contributed by atoms with Gasteiger partial charge in [-0.05, 0) is 31.0 Å². The Morgan fingerprint density at radius 2 is 2.32 bits per heavy atom. The third kappa shape index (κ3) is 3.58. The van der Waals surface area contributed by atoms with Crippen LogP contribution in [0, 0.1) is 6.92 Å². The molecule has 1 amide bonds. The van der Waals surface area contributed by atoms with Crippen molar-refractivity contribution < 1.29 is 4.79 Å². The number of amides is 1. The van der Waals surface area contributed by atoms with Crippen molar-refractivity contribution in [1.29, 1.82) is 0 Å². The standard InChI is InChI=1S/C14H18N4O/c1-11-3-4-12(13(15)9-11)14(19)17-5-2-7-18-8-6-16-10-18/h3-4,6,8-10H,2,5,7,15H2,1H3,(H,17,19). The number of hydrogen-bond donors (Lipinski definition) is 2. The predicted octanol–water partition coefficient (Wildman–Crippen LogP) is 1.59. The number of aryl methyl sites for hydroxylation is 2. The van der Waals surface area contributed by atoms with Crippen molar-refractivity contribution in [3.8, 4) is 0 Å². The SMILES string of the molecule is Cc1ccc(C(=O)NCCCn2ccnc2)c(N)c1. The second-order valence-electron chi connectivity index (χ2n) is 4.50. The average Bonchev–Trinajstić information content (AvgIpc) is 2.87. The second kappa shape index (κ2) is 6.04. The molecule has 0 bridgehead atoms. The van der Waals surface area contributed by atoms with Crippen LogP contribution in [0.2, 0.25) is 0 Å². The summed E-state index contributed by atoms with van der Waals surface area (Å²) in [7, 11) is 0. The molecule has 1 aromatic heterocycles. The smallest absolute Gasteiger partial charge is 0.253 e. The van der Waals surface area contributed by atoms with Crippen LogP contribution in [0.1, 0.15) is 22.3 Å². The van der Waals surface area contributed by atoms with Crippen LogP contribution in [-0.4, -0.2) is 22.0 Å². The number of hydrogen-bond acceptors (Lipinski definition) is 3. The molecule has 0 aliphatic carbocycles. The summed E-state index contributed by atoms with van der Waals surface area (Å²) in [6.07, 6.45) is 6.26. The molecule has 0 saturated carbocycles. The maximum absolute atomic E-state index is 11.9. The van der Waals surface area contributed by atoms with Gasteiger partial charge >= 0.3 is 0 Å². The largest absolute Gasteiger partial charge is 0.398 e. The summed E-state index contributed by atoms with van der Waals surface area (Å²) in [4.78, 5) is 15.9. The van der Waals surface area contributed by atoms with Crippen molar-refractivity contribution in [3.05, 3.63) is 48.0 Å². The Balaban J connectivity index is 1.81. The van der Waals surface area contributed by atoms with E-state index in [1.807, 2.05) is 23.8 Å². The number of nitrogens with one attached hydrogen (secondary N) is 1. The molecule has 2 aromatic rings. The van der Waals surface area contributed by atoms with Gasteiger partial charge in [-0.25, -0.2) is 4.98 Å². The van der Waals surface area contributed by atoms with Gasteiger partial charge in [0.05, 0.1) is 11.9 Å². The van der Waals surface area contributed by atoms with Crippen LogP contribution >= 0.6 is 0 Å². The number of carbonyl (C=O) groups is 1. The molecule has 0 fully saturated rings. The van der Waals surface area contributed by atoms with E-state index in [0.29, 0.717) is 17.8 Å². The van der Waals surface area contributed by atoms with E-state index in [0.717, 1.165) is 18.5 Å². The molecule has 19 heavy (non-hydrogen) atoms. The molecule has 100 valence electrons. The number of nitrogens with zero attached hydrogens (tertiary/aromatic N) is 2. The Bertz CT molecular complexity index is 549. The van der Waals surface area contributed by atoms with Crippen molar-refractivity contribution in [2.45, 2.75) is 19.9 Å². The van der Waals surface area contributed by atoms with E-state index in [4.69, 9.17) is 5.73 Å². The minimum atomic E-state index is -0.122. The van der Waals surface area contributed by atoms with E-state index in [1.54, 1.807) is 24.7 Å². The van der Waals surface area contributed by atoms with Gasteiger partial charge in [0.15, 0.2) is 0 Å². The number of nitrogen functional groups attached to an aromatic ring is 1. The molecule has 0 aliphatic rings. The van der Waals surface area contributed by atoms with E-state index < -0.39 is 0 Å². The zero-order valence-electron chi connectivity index (χ0n) is 11.0. The molecule has 3 N–H and O–H groups in total. The highest BCUT2D eigenvalue weighted by molar-refractivity contribution is 5.99. The van der Waals surface area contributed by atoms with Crippen molar-refractivity contribution in [1.82, 2.24) is 14.9 Å². The molecule has 5 nitrogen and oxygen atoms in total. The van der Waals surface area contributed by atoms with E-state index in [9.17, 15) is 4.79 Å². The lowest BCUT2D eigenvalue weighted by molar-refractivity contribution is 0.0953. The van der Waals surface area contributed by atoms with Crippen LogP contribution in [0.5, 0.6) is 0 Å². The summed E-state index contributed by atoms with van der Waals surface area (Å²) in [5, 5.41) is 2.87. The lowest BCUT2D eigenvalue weighted by Crippen LogP contribution is -2.26. The molecule has 0 unspecified atom stereocenters. The normalized spacial score (nSPS) is 10.4. The van der Waals surface area contributed by atoms with Gasteiger partial charge in [-0.15, -0.1) is 0 Å². The van der Waals surface area contributed by atoms with Crippen molar-refractivity contribution in [2.75, 3.05) is 12.3 Å². The highest BCUT2D eigenvalue weighted by Crippen LogP contribution is 2.13. The minimum Gasteiger partial charge on any atom is -0.398 e. The molecule has 0 atom stereocenters. The molecule has 0 saturated heterocycles. The number of benzene rings is 1. The molecule has 1 aromatic carbocycles. The third-order valence-electron chi connectivity index (χ3n) is 2.89. The first-order valence-corrected chi connectivity index (χ1v) is 6.27. The Labute approximate surface area is 112 Å². The topological polar surface area (TPSA) is 72.9 Å². The van der Waals surface area contributed by atoms with Crippen molar-refractivity contribution >= 4 is 11.6 Å².